The van der Waals surface area contributed by atoms with Crippen LogP contribution < -0.4 is 37.7 Å². The van der Waals surface area contributed by atoms with Crippen LogP contribution in [-0.2, 0) is 63.7 Å². The first kappa shape index (κ1) is 47.7. The van der Waals surface area contributed by atoms with Gasteiger partial charge in [-0.25, -0.2) is 32.6 Å². The van der Waals surface area contributed by atoms with Crippen LogP contribution in [0.3, 0.4) is 0 Å². The Balaban J connectivity index is 0.889. The van der Waals surface area contributed by atoms with Crippen molar-refractivity contribution in [3.63, 3.8) is 0 Å². The molecule has 6 unspecified atom stereocenters. The molecule has 0 radical (unpaired) electrons. The summed E-state index contributed by atoms with van der Waals surface area (Å²) < 4.78 is 90.4. The van der Waals surface area contributed by atoms with Gasteiger partial charge in [0.25, 0.3) is 17.1 Å². The van der Waals surface area contributed by atoms with Crippen molar-refractivity contribution in [2.24, 2.45) is 7.05 Å². The molecular weight excluding hydrogens is 952 g/mol. The van der Waals surface area contributed by atoms with E-state index in [9.17, 15) is 62.7 Å². The molecule has 7 rings (SSSR count). The van der Waals surface area contributed by atoms with Crippen molar-refractivity contribution in [3.05, 3.63) is 39.6 Å². The largest absolute Gasteiger partial charge is 0.488 e. The number of aromatic nitrogens is 11. The number of nitrogen functional groups attached to an aromatic ring is 2. The number of aliphatic hydroxyl groups is 3. The number of rotatable bonds is 18. The maximum Gasteiger partial charge on any atom is 0.488 e. The van der Waals surface area contributed by atoms with Crippen LogP contribution in [0.1, 0.15) is 12.5 Å². The van der Waals surface area contributed by atoms with Crippen molar-refractivity contribution in [2.75, 3.05) is 38.3 Å². The molecule has 2 saturated heterocycles. The third kappa shape index (κ3) is 9.95. The summed E-state index contributed by atoms with van der Waals surface area (Å²) in [6.07, 6.45) is -8.34. The van der Waals surface area contributed by atoms with Gasteiger partial charge in [0.2, 0.25) is 17.7 Å². The third-order valence-corrected chi connectivity index (χ3v) is 15.2. The molecule has 0 spiro atoms. The smallest absolute Gasteiger partial charge is 0.387 e. The Kier molecular flexibility index (Phi) is 13.3. The molecule has 0 amide bonds. The number of nitrogens with two attached hydrogens (primary N) is 2. The molecule has 5 aromatic rings. The van der Waals surface area contributed by atoms with Gasteiger partial charge in [0, 0.05) is 13.7 Å². The van der Waals surface area contributed by atoms with E-state index in [1.165, 1.54) is 29.6 Å². The molecule has 34 nitrogen and oxygen atoms in total. The zero-order valence-electron chi connectivity index (χ0n) is 32.6. The highest BCUT2D eigenvalue weighted by Crippen LogP contribution is 2.67. The predicted molar refractivity (Wildman–Crippen MR) is 206 cm³/mol. The summed E-state index contributed by atoms with van der Waals surface area (Å²) in [5, 5.41) is 41.0. The first-order valence-electron chi connectivity index (χ1n) is 17.9. The van der Waals surface area contributed by atoms with Crippen LogP contribution in [-0.4, -0.2) is 147 Å². The second kappa shape index (κ2) is 17.9. The Hall–Kier alpha value is -4.24. The summed E-state index contributed by atoms with van der Waals surface area (Å²) in [6.45, 7) is -2.57. The van der Waals surface area contributed by atoms with E-state index in [2.05, 4.69) is 48.9 Å². The number of anilines is 2. The highest BCUT2D eigenvalue weighted by Gasteiger charge is 2.50. The molecule has 0 aromatic carbocycles. The molecule has 12 atom stereocenters. The lowest BCUT2D eigenvalue weighted by Crippen LogP contribution is -2.47. The van der Waals surface area contributed by atoms with Crippen molar-refractivity contribution in [1.29, 1.82) is 0 Å². The molecule has 7 heterocycles. The summed E-state index contributed by atoms with van der Waals surface area (Å²) in [7, 11) is -19.1. The first-order chi connectivity index (χ1) is 29.9. The van der Waals surface area contributed by atoms with Crippen LogP contribution in [0, 0.1) is 0 Å². The number of ether oxygens (including phenoxy) is 3. The standard InChI is InChI=1S/C26H38N14O20P4/c1-37-9-40(20-14(37)22(45)34-26(28)32-20)24-18(54-2)16(42)11(58-24)7-56-63(50,51)60-64(52,53)59-61(46,47)12-5-38(36-35-12)4-3-30-62(48,49)55-6-10-15(41)17(43)23(57-10)39-8-29-13-19(39)31-25(27)33-21(13)44/h5,8-11,15-18,23-24,41-43H,3-4,6-7H2,1-2H3,(H10-,27,28,30,31,32,33,34,44,45,46,47,48,49,50,51,52,53)/p+1/t10-,11-,15?,16?,17+,18+,23-,24-/m1/s1. The molecular formula is C26H39N14O20P4+. The SMILES string of the molecule is CO[C@H]1C(O)[C@@H](COP(=O)(O)OP(=O)(O)OP(=O)(O)c2cn(CCNP(=O)(O)OC[C@H]3O[C@@H](n4cnc5c(=O)[nH]c(N)nc54)[C@@H](O)C3O)nn2)O[C@H]1[n+]1cn(C)c2c(=O)[nH]c(N)nc21. The Morgan fingerprint density at radius 2 is 1.58 bits per heavy atom. The number of methoxy groups -OCH3 is 1. The van der Waals surface area contributed by atoms with E-state index in [0.717, 1.165) is 21.8 Å². The fraction of sp³-hybridized carbons (Fsp3) is 0.538. The van der Waals surface area contributed by atoms with Crippen LogP contribution in [0.25, 0.3) is 22.3 Å². The summed E-state index contributed by atoms with van der Waals surface area (Å²) in [4.78, 5) is 82.1. The Bertz CT molecular complexity index is 2870. The van der Waals surface area contributed by atoms with E-state index in [4.69, 9.17) is 34.7 Å². The van der Waals surface area contributed by atoms with Gasteiger partial charge in [0.1, 0.15) is 36.6 Å². The van der Waals surface area contributed by atoms with Gasteiger partial charge in [-0.15, -0.1) is 5.10 Å². The molecule has 5 aromatic heterocycles. The quantitative estimate of drug-likeness (QED) is 0.0288. The molecule has 64 heavy (non-hydrogen) atoms. The van der Waals surface area contributed by atoms with E-state index < -0.39 is 116 Å². The van der Waals surface area contributed by atoms with E-state index in [1.54, 1.807) is 0 Å². The Morgan fingerprint density at radius 1 is 0.906 bits per heavy atom. The first-order valence-corrected chi connectivity index (χ1v) is 24.1. The second-order valence-corrected chi connectivity index (χ2v) is 20.4. The maximum atomic E-state index is 12.9. The second-order valence-electron chi connectivity index (χ2n) is 13.8. The number of imidazole rings is 2. The lowest BCUT2D eigenvalue weighted by molar-refractivity contribution is -0.746. The van der Waals surface area contributed by atoms with Gasteiger partial charge in [-0.1, -0.05) is 10.2 Å². The average Bonchev–Trinajstić information content (AvgIpc) is 4.01. The number of aromatic amines is 2. The van der Waals surface area contributed by atoms with Crippen molar-refractivity contribution in [2.45, 2.75) is 55.6 Å². The number of phosphoric acid groups is 2. The van der Waals surface area contributed by atoms with Gasteiger partial charge < -0.3 is 60.6 Å². The number of nitrogens with zero attached hydrogens (tertiary/aromatic N) is 9. The summed E-state index contributed by atoms with van der Waals surface area (Å²) in [5.74, 6) is -0.505. The molecule has 352 valence electrons. The molecule has 0 saturated carbocycles. The summed E-state index contributed by atoms with van der Waals surface area (Å²) in [5.41, 5.74) is 8.87. The fourth-order valence-electron chi connectivity index (χ4n) is 6.59. The summed E-state index contributed by atoms with van der Waals surface area (Å²) in [6, 6.07) is 0. The minimum Gasteiger partial charge on any atom is -0.387 e. The number of hydrogen-bond donors (Lipinski definition) is 12. The molecule has 2 aliphatic rings. The number of H-pyrrole nitrogens is 2. The van der Waals surface area contributed by atoms with Gasteiger partial charge in [0.15, 0.2) is 29.2 Å². The van der Waals surface area contributed by atoms with Gasteiger partial charge >= 0.3 is 36.6 Å². The highest BCUT2D eigenvalue weighted by molar-refractivity contribution is 7.71. The lowest BCUT2D eigenvalue weighted by Gasteiger charge is -2.20. The predicted octanol–water partition coefficient (Wildman–Crippen LogP) is -5.20. The van der Waals surface area contributed by atoms with E-state index in [-0.39, 0.29) is 40.8 Å². The molecule has 2 fully saturated rings. The van der Waals surface area contributed by atoms with Crippen LogP contribution in [0.4, 0.5) is 11.9 Å². The van der Waals surface area contributed by atoms with E-state index >= 15 is 0 Å². The van der Waals surface area contributed by atoms with Crippen molar-refractivity contribution < 1.29 is 89.6 Å². The number of phosphoric ester groups is 1. The topological polar surface area (TPSA) is 487 Å². The van der Waals surface area contributed by atoms with Crippen LogP contribution in [0.5, 0.6) is 0 Å². The lowest BCUT2D eigenvalue weighted by atomic mass is 10.1. The minimum atomic E-state index is -5.97. The van der Waals surface area contributed by atoms with Gasteiger partial charge in [0.05, 0.1) is 39.3 Å². The number of nitrogens with one attached hydrogen (secondary N) is 3. The Morgan fingerprint density at radius 3 is 2.30 bits per heavy atom. The van der Waals surface area contributed by atoms with Crippen LogP contribution in [0.2, 0.25) is 0 Å². The minimum absolute atomic E-state index is 0.0184. The van der Waals surface area contributed by atoms with Gasteiger partial charge in [-0.05, 0) is 0 Å². The zero-order chi connectivity index (χ0) is 46.7. The molecule has 0 bridgehead atoms. The zero-order valence-corrected chi connectivity index (χ0v) is 36.2. The van der Waals surface area contributed by atoms with Crippen molar-refractivity contribution in [1.82, 2.24) is 54.1 Å². The number of fused-ring (bicyclic) bond motifs is 2. The molecule has 2 aliphatic heterocycles. The molecule has 0 aliphatic carbocycles. The van der Waals surface area contributed by atoms with Crippen molar-refractivity contribution in [3.8, 4) is 0 Å². The van der Waals surface area contributed by atoms with Gasteiger partial charge in [-0.2, -0.15) is 9.29 Å². The maximum absolute atomic E-state index is 12.9. The number of aliphatic hydroxyl groups excluding tert-OH is 3. The fourth-order valence-corrected chi connectivity index (χ4v) is 11.3. The van der Waals surface area contributed by atoms with E-state index in [0.29, 0.717) is 0 Å². The Labute approximate surface area is 354 Å². The van der Waals surface area contributed by atoms with Gasteiger partial charge in [-0.3, -0.25) is 47.0 Å². The van der Waals surface area contributed by atoms with E-state index in [1.807, 2.05) is 0 Å². The average molecular weight is 992 g/mol. The third-order valence-electron chi connectivity index (χ3n) is 9.42. The monoisotopic (exact) mass is 991 g/mol. The normalized spacial score (nSPS) is 27.7. The number of aryl methyl sites for hydroxylation is 1. The van der Waals surface area contributed by atoms with Crippen LogP contribution in [0.15, 0.2) is 28.4 Å². The molecule has 38 heteroatoms. The summed E-state index contributed by atoms with van der Waals surface area (Å²) >= 11 is 0. The number of hydrogen-bond acceptors (Lipinski definition) is 23. The van der Waals surface area contributed by atoms with Crippen molar-refractivity contribution >= 4 is 70.6 Å². The molecule has 14 N–H and O–H groups in total. The van der Waals surface area contributed by atoms with Crippen LogP contribution >= 0.6 is 31.0 Å². The highest BCUT2D eigenvalue weighted by atomic mass is 31.3.